The third kappa shape index (κ3) is 7.80. The van der Waals surface area contributed by atoms with Gasteiger partial charge in [0, 0.05) is 20.1 Å². The van der Waals surface area contributed by atoms with E-state index in [0.29, 0.717) is 11.4 Å². The molecule has 0 aromatic carbocycles. The van der Waals surface area contributed by atoms with Gasteiger partial charge in [0.1, 0.15) is 0 Å². The van der Waals surface area contributed by atoms with Gasteiger partial charge < -0.3 is 15.5 Å². The Morgan fingerprint density at radius 3 is 2.57 bits per heavy atom. The molecule has 0 unspecified atom stereocenters. The molecule has 1 heterocycles. The van der Waals surface area contributed by atoms with Gasteiger partial charge in [0.2, 0.25) is 5.91 Å². The maximum atomic E-state index is 12.0. The standard InChI is InChI=1S/C13H20BrN3O2S.ClH/c1-3-6-15-7-8-16-12(18)9-17(2)13(19)10-4-5-11(14)20-10;/h4-5,15H,3,6-9H2,1-2H3,(H,16,18);1H. The molecule has 5 nitrogen and oxygen atoms in total. The Bertz CT molecular complexity index is 456. The van der Waals surface area contributed by atoms with E-state index in [1.807, 2.05) is 6.07 Å². The molecule has 0 saturated carbocycles. The maximum Gasteiger partial charge on any atom is 0.264 e. The van der Waals surface area contributed by atoms with Crippen LogP contribution in [-0.2, 0) is 4.79 Å². The molecule has 0 radical (unpaired) electrons. The fourth-order valence-electron chi connectivity index (χ4n) is 1.55. The average molecular weight is 399 g/mol. The van der Waals surface area contributed by atoms with Crippen molar-refractivity contribution < 1.29 is 9.59 Å². The molecule has 21 heavy (non-hydrogen) atoms. The highest BCUT2D eigenvalue weighted by Gasteiger charge is 2.16. The number of nitrogens with zero attached hydrogens (tertiary/aromatic N) is 1. The van der Waals surface area contributed by atoms with E-state index in [1.165, 1.54) is 16.2 Å². The molecule has 0 bridgehead atoms. The molecule has 2 N–H and O–H groups in total. The Morgan fingerprint density at radius 1 is 1.29 bits per heavy atom. The van der Waals surface area contributed by atoms with Crippen LogP contribution in [0.15, 0.2) is 15.9 Å². The lowest BCUT2D eigenvalue weighted by molar-refractivity contribution is -0.121. The number of likely N-dealkylation sites (N-methyl/N-ethyl adjacent to an activating group) is 1. The van der Waals surface area contributed by atoms with Crippen LogP contribution in [0.2, 0.25) is 0 Å². The van der Waals surface area contributed by atoms with Crippen LogP contribution in [0.3, 0.4) is 0 Å². The van der Waals surface area contributed by atoms with Crippen LogP contribution < -0.4 is 10.6 Å². The van der Waals surface area contributed by atoms with E-state index >= 15 is 0 Å². The number of carbonyl (C=O) groups excluding carboxylic acids is 2. The molecular weight excluding hydrogens is 378 g/mol. The van der Waals surface area contributed by atoms with Gasteiger partial charge in [-0.1, -0.05) is 6.92 Å². The maximum absolute atomic E-state index is 12.0. The second-order valence-electron chi connectivity index (χ2n) is 4.36. The predicted molar refractivity (Wildman–Crippen MR) is 92.4 cm³/mol. The first kappa shape index (κ1) is 20.4. The van der Waals surface area contributed by atoms with Crippen LogP contribution in [-0.4, -0.2) is 49.9 Å². The Hall–Kier alpha value is -0.630. The summed E-state index contributed by atoms with van der Waals surface area (Å²) in [5.74, 6) is -0.283. The summed E-state index contributed by atoms with van der Waals surface area (Å²) < 4.78 is 0.903. The second-order valence-corrected chi connectivity index (χ2v) is 6.83. The third-order valence-electron chi connectivity index (χ3n) is 2.56. The summed E-state index contributed by atoms with van der Waals surface area (Å²) in [7, 11) is 1.63. The number of thiophene rings is 1. The Labute approximate surface area is 144 Å². The smallest absolute Gasteiger partial charge is 0.264 e. The summed E-state index contributed by atoms with van der Waals surface area (Å²) in [5.41, 5.74) is 0. The van der Waals surface area contributed by atoms with Gasteiger partial charge in [0.25, 0.3) is 5.91 Å². The van der Waals surface area contributed by atoms with Gasteiger partial charge in [-0.05, 0) is 41.0 Å². The summed E-state index contributed by atoms with van der Waals surface area (Å²) >= 11 is 4.68. The Kier molecular flexibility index (Phi) is 10.7. The molecule has 0 aliphatic heterocycles. The first-order valence-electron chi connectivity index (χ1n) is 6.52. The highest BCUT2D eigenvalue weighted by molar-refractivity contribution is 9.11. The van der Waals surface area contributed by atoms with Crippen LogP contribution in [0.25, 0.3) is 0 Å². The minimum absolute atomic E-state index is 0. The number of rotatable bonds is 8. The van der Waals surface area contributed by atoms with E-state index in [9.17, 15) is 9.59 Å². The van der Waals surface area contributed by atoms with Gasteiger partial charge in [-0.2, -0.15) is 0 Å². The zero-order valence-corrected chi connectivity index (χ0v) is 15.4. The molecular formula is C13H21BrClN3O2S. The number of halogens is 2. The number of hydrogen-bond donors (Lipinski definition) is 2. The zero-order chi connectivity index (χ0) is 15.0. The Balaban J connectivity index is 0.00000400. The highest BCUT2D eigenvalue weighted by atomic mass is 79.9. The average Bonchev–Trinajstić information content (AvgIpc) is 2.84. The van der Waals surface area contributed by atoms with Crippen molar-refractivity contribution >= 4 is 51.5 Å². The largest absolute Gasteiger partial charge is 0.353 e. The lowest BCUT2D eigenvalue weighted by atomic mass is 10.4. The normalized spacial score (nSPS) is 9.86. The van der Waals surface area contributed by atoms with E-state index in [0.717, 1.165) is 23.3 Å². The topological polar surface area (TPSA) is 61.4 Å². The van der Waals surface area contributed by atoms with Gasteiger partial charge in [0.05, 0.1) is 15.2 Å². The minimum atomic E-state index is -0.144. The van der Waals surface area contributed by atoms with Crippen LogP contribution >= 0.6 is 39.7 Å². The summed E-state index contributed by atoms with van der Waals surface area (Å²) in [5, 5.41) is 5.98. The summed E-state index contributed by atoms with van der Waals surface area (Å²) in [6.45, 7) is 4.43. The van der Waals surface area contributed by atoms with E-state index in [-0.39, 0.29) is 30.8 Å². The monoisotopic (exact) mass is 397 g/mol. The highest BCUT2D eigenvalue weighted by Crippen LogP contribution is 2.22. The van der Waals surface area contributed by atoms with Gasteiger partial charge >= 0.3 is 0 Å². The van der Waals surface area contributed by atoms with Crippen molar-refractivity contribution in [3.8, 4) is 0 Å². The molecule has 0 aliphatic carbocycles. The van der Waals surface area contributed by atoms with Gasteiger partial charge in [-0.3, -0.25) is 9.59 Å². The predicted octanol–water partition coefficient (Wildman–Crippen LogP) is 2.12. The van der Waals surface area contributed by atoms with Crippen molar-refractivity contribution in [3.05, 3.63) is 20.8 Å². The van der Waals surface area contributed by atoms with E-state index < -0.39 is 0 Å². The van der Waals surface area contributed by atoms with E-state index in [2.05, 4.69) is 33.5 Å². The number of carbonyl (C=O) groups is 2. The Morgan fingerprint density at radius 2 is 2.00 bits per heavy atom. The lowest BCUT2D eigenvalue weighted by Gasteiger charge is -2.15. The third-order valence-corrected chi connectivity index (χ3v) is 4.17. The molecule has 0 atom stereocenters. The molecule has 0 saturated heterocycles. The molecule has 0 spiro atoms. The molecule has 0 fully saturated rings. The minimum Gasteiger partial charge on any atom is -0.353 e. The summed E-state index contributed by atoms with van der Waals surface area (Å²) in [4.78, 5) is 25.8. The zero-order valence-electron chi connectivity index (χ0n) is 12.1. The van der Waals surface area contributed by atoms with Crippen LogP contribution in [0.1, 0.15) is 23.0 Å². The fraction of sp³-hybridized carbons (Fsp3) is 0.538. The van der Waals surface area contributed by atoms with Crippen molar-refractivity contribution in [1.29, 1.82) is 0 Å². The summed E-state index contributed by atoms with van der Waals surface area (Å²) in [6, 6.07) is 3.57. The SMILES string of the molecule is CCCNCCNC(=O)CN(C)C(=O)c1ccc(Br)s1.Cl. The van der Waals surface area contributed by atoms with Crippen molar-refractivity contribution in [2.24, 2.45) is 0 Å². The van der Waals surface area contributed by atoms with Crippen LogP contribution in [0.5, 0.6) is 0 Å². The van der Waals surface area contributed by atoms with Crippen molar-refractivity contribution in [1.82, 2.24) is 15.5 Å². The first-order chi connectivity index (χ1) is 9.54. The van der Waals surface area contributed by atoms with Gasteiger partial charge in [0.15, 0.2) is 0 Å². The van der Waals surface area contributed by atoms with E-state index in [1.54, 1.807) is 13.1 Å². The van der Waals surface area contributed by atoms with Crippen LogP contribution in [0, 0.1) is 0 Å². The number of nitrogens with one attached hydrogen (secondary N) is 2. The van der Waals surface area contributed by atoms with E-state index in [4.69, 9.17) is 0 Å². The van der Waals surface area contributed by atoms with Crippen LogP contribution in [0.4, 0.5) is 0 Å². The fourth-order valence-corrected chi connectivity index (χ4v) is 2.93. The quantitative estimate of drug-likeness (QED) is 0.659. The molecule has 8 heteroatoms. The first-order valence-corrected chi connectivity index (χ1v) is 8.13. The molecule has 120 valence electrons. The molecule has 1 aromatic rings. The van der Waals surface area contributed by atoms with Crippen molar-refractivity contribution in [2.45, 2.75) is 13.3 Å². The van der Waals surface area contributed by atoms with Gasteiger partial charge in [-0.25, -0.2) is 0 Å². The van der Waals surface area contributed by atoms with Crippen molar-refractivity contribution in [2.75, 3.05) is 33.2 Å². The molecule has 1 rings (SSSR count). The van der Waals surface area contributed by atoms with Gasteiger partial charge in [-0.15, -0.1) is 23.7 Å². The lowest BCUT2D eigenvalue weighted by Crippen LogP contribution is -2.40. The molecule has 1 aromatic heterocycles. The second kappa shape index (κ2) is 11.0. The van der Waals surface area contributed by atoms with Crippen molar-refractivity contribution in [3.63, 3.8) is 0 Å². The summed E-state index contributed by atoms with van der Waals surface area (Å²) in [6.07, 6.45) is 1.07. The molecule has 2 amide bonds. The number of amides is 2. The molecule has 0 aliphatic rings. The number of hydrogen-bond acceptors (Lipinski definition) is 4.